The van der Waals surface area contributed by atoms with E-state index in [9.17, 15) is 10.1 Å². The summed E-state index contributed by atoms with van der Waals surface area (Å²) in [4.78, 5) is 12.9. The summed E-state index contributed by atoms with van der Waals surface area (Å²) in [5.74, 6) is -0.820. The first-order chi connectivity index (χ1) is 14.7. The molecule has 31 heavy (non-hydrogen) atoms. The molecule has 1 N–H and O–H groups in total. The van der Waals surface area contributed by atoms with E-state index >= 15 is 0 Å². The Morgan fingerprint density at radius 1 is 1.00 bits per heavy atom. The average Bonchev–Trinajstić information content (AvgIpc) is 2.72. The molecule has 8 heteroatoms. The fourth-order valence-corrected chi connectivity index (χ4v) is 4.13. The van der Waals surface area contributed by atoms with Crippen LogP contribution in [0.1, 0.15) is 33.0 Å². The maximum Gasteiger partial charge on any atom is 0.259 e. The van der Waals surface area contributed by atoms with Gasteiger partial charge in [-0.25, -0.2) is 0 Å². The van der Waals surface area contributed by atoms with Gasteiger partial charge in [0.2, 0.25) is 0 Å². The highest BCUT2D eigenvalue weighted by atomic mass is 35.5. The number of nitrogens with one attached hydrogen (secondary N) is 1. The lowest BCUT2D eigenvalue weighted by atomic mass is 9.91. The number of carbonyl (C=O) groups is 1. The summed E-state index contributed by atoms with van der Waals surface area (Å²) in [5.41, 5.74) is 2.81. The Kier molecular flexibility index (Phi) is 7.35. The Morgan fingerprint density at radius 2 is 1.68 bits per heavy atom. The second-order valence-corrected chi connectivity index (χ2v) is 8.41. The number of amides is 1. The number of rotatable bonds is 5. The van der Waals surface area contributed by atoms with Crippen LogP contribution in [-0.4, -0.2) is 13.0 Å². The minimum Gasteiger partial charge on any atom is -0.494 e. The molecule has 1 atom stereocenters. The van der Waals surface area contributed by atoms with Crippen molar-refractivity contribution in [2.45, 2.75) is 12.8 Å². The largest absolute Gasteiger partial charge is 0.494 e. The van der Waals surface area contributed by atoms with E-state index in [0.29, 0.717) is 26.3 Å². The molecule has 0 saturated heterocycles. The van der Waals surface area contributed by atoms with E-state index < -0.39 is 11.8 Å². The first kappa shape index (κ1) is 23.2. The molecule has 0 radical (unpaired) electrons. The zero-order chi connectivity index (χ0) is 22.7. The topological polar surface area (TPSA) is 62.1 Å². The van der Waals surface area contributed by atoms with E-state index in [1.54, 1.807) is 36.4 Å². The van der Waals surface area contributed by atoms with E-state index in [2.05, 4.69) is 11.4 Å². The molecule has 0 bridgehead atoms. The fraction of sp³-hybridized carbons (Fsp3) is 0.130. The van der Waals surface area contributed by atoms with Crippen molar-refractivity contribution in [1.29, 1.82) is 5.26 Å². The van der Waals surface area contributed by atoms with Gasteiger partial charge in [-0.2, -0.15) is 5.26 Å². The number of methoxy groups -OCH3 is 1. The number of carbonyl (C=O) groups excluding carboxylic acids is 1. The van der Waals surface area contributed by atoms with Crippen LogP contribution in [0.4, 0.5) is 5.69 Å². The molecule has 0 heterocycles. The molecule has 0 spiro atoms. The van der Waals surface area contributed by atoms with Crippen LogP contribution in [0, 0.1) is 18.3 Å². The van der Waals surface area contributed by atoms with Crippen LogP contribution in [0.3, 0.4) is 0 Å². The fourth-order valence-electron chi connectivity index (χ4n) is 3.16. The summed E-state index contributed by atoms with van der Waals surface area (Å²) < 4.78 is 5.24. The van der Waals surface area contributed by atoms with Gasteiger partial charge in [-0.05, 0) is 53.9 Å². The van der Waals surface area contributed by atoms with Crippen LogP contribution in [0.5, 0.6) is 5.75 Å². The number of hydrogen-bond acceptors (Lipinski definition) is 3. The number of hydrogen-bond donors (Lipinski definition) is 1. The molecule has 158 valence electrons. The maximum atomic E-state index is 12.9. The molecule has 3 aromatic carbocycles. The Labute approximate surface area is 200 Å². The molecular formula is C23H16Cl4N2O2. The van der Waals surface area contributed by atoms with Crippen LogP contribution >= 0.6 is 46.4 Å². The number of nitriles is 1. The zero-order valence-electron chi connectivity index (χ0n) is 16.5. The standard InChI is InChI=1S/C23H16Cl4N2O2/c1-12-7-16(18(11-28)13-3-5-14(24)6-4-13)19(26)10-21(12)29-23(30)17-8-15(25)9-20(27)22(17)31-2/h3-10,18H,1-2H3,(H,29,30). The number of ether oxygens (including phenoxy) is 1. The van der Waals surface area contributed by atoms with Crippen molar-refractivity contribution in [2.24, 2.45) is 0 Å². The summed E-state index contributed by atoms with van der Waals surface area (Å²) in [6.45, 7) is 1.81. The van der Waals surface area contributed by atoms with Gasteiger partial charge in [0.15, 0.2) is 0 Å². The Morgan fingerprint density at radius 3 is 2.29 bits per heavy atom. The second kappa shape index (κ2) is 9.80. The molecule has 3 aromatic rings. The monoisotopic (exact) mass is 492 g/mol. The summed E-state index contributed by atoms with van der Waals surface area (Å²) in [5, 5.41) is 14.0. The molecule has 0 aliphatic heterocycles. The molecular weight excluding hydrogens is 478 g/mol. The number of nitrogens with zero attached hydrogens (tertiary/aromatic N) is 1. The van der Waals surface area contributed by atoms with E-state index in [0.717, 1.165) is 11.1 Å². The predicted octanol–water partition coefficient (Wildman–Crippen LogP) is 7.53. The summed E-state index contributed by atoms with van der Waals surface area (Å²) >= 11 is 24.6. The van der Waals surface area contributed by atoms with Crippen molar-refractivity contribution in [3.63, 3.8) is 0 Å². The van der Waals surface area contributed by atoms with Gasteiger partial charge in [0.25, 0.3) is 5.91 Å². The van der Waals surface area contributed by atoms with Crippen molar-refractivity contribution in [3.05, 3.63) is 90.9 Å². The van der Waals surface area contributed by atoms with E-state index in [-0.39, 0.29) is 16.3 Å². The van der Waals surface area contributed by atoms with Gasteiger partial charge in [0.1, 0.15) is 5.75 Å². The first-order valence-electron chi connectivity index (χ1n) is 9.04. The second-order valence-electron chi connectivity index (χ2n) is 6.72. The van der Waals surface area contributed by atoms with Gasteiger partial charge in [0, 0.05) is 20.8 Å². The van der Waals surface area contributed by atoms with Crippen LogP contribution in [0.25, 0.3) is 0 Å². The third-order valence-electron chi connectivity index (χ3n) is 4.69. The molecule has 0 aliphatic rings. The summed E-state index contributed by atoms with van der Waals surface area (Å²) in [7, 11) is 1.42. The van der Waals surface area contributed by atoms with Gasteiger partial charge in [0.05, 0.1) is 29.7 Å². The minimum absolute atomic E-state index is 0.190. The number of aryl methyl sites for hydroxylation is 1. The lowest BCUT2D eigenvalue weighted by Crippen LogP contribution is -2.15. The smallest absolute Gasteiger partial charge is 0.259 e. The predicted molar refractivity (Wildman–Crippen MR) is 126 cm³/mol. The van der Waals surface area contributed by atoms with Gasteiger partial charge in [-0.1, -0.05) is 64.6 Å². The van der Waals surface area contributed by atoms with Crippen molar-refractivity contribution in [1.82, 2.24) is 0 Å². The molecule has 1 unspecified atom stereocenters. The summed E-state index contributed by atoms with van der Waals surface area (Å²) in [6.07, 6.45) is 0. The molecule has 4 nitrogen and oxygen atoms in total. The lowest BCUT2D eigenvalue weighted by molar-refractivity contribution is 0.102. The lowest BCUT2D eigenvalue weighted by Gasteiger charge is -2.17. The normalized spacial score (nSPS) is 11.5. The Bertz CT molecular complexity index is 1190. The molecule has 0 aliphatic carbocycles. The van der Waals surface area contributed by atoms with E-state index in [1.807, 2.05) is 6.92 Å². The third kappa shape index (κ3) is 5.08. The number of anilines is 1. The third-order valence-corrected chi connectivity index (χ3v) is 5.77. The minimum atomic E-state index is -0.583. The quantitative estimate of drug-likeness (QED) is 0.399. The van der Waals surface area contributed by atoms with E-state index in [1.165, 1.54) is 19.2 Å². The van der Waals surface area contributed by atoms with Crippen LogP contribution in [0.2, 0.25) is 20.1 Å². The Hall–Kier alpha value is -2.42. The van der Waals surface area contributed by atoms with E-state index in [4.69, 9.17) is 51.1 Å². The summed E-state index contributed by atoms with van der Waals surface area (Å²) in [6, 6.07) is 15.6. The van der Waals surface area contributed by atoms with Crippen molar-refractivity contribution in [2.75, 3.05) is 12.4 Å². The van der Waals surface area contributed by atoms with Crippen LogP contribution in [0.15, 0.2) is 48.5 Å². The molecule has 0 fully saturated rings. The Balaban J connectivity index is 1.95. The average molecular weight is 494 g/mol. The van der Waals surface area contributed by atoms with Crippen LogP contribution < -0.4 is 10.1 Å². The maximum absolute atomic E-state index is 12.9. The highest BCUT2D eigenvalue weighted by molar-refractivity contribution is 6.36. The zero-order valence-corrected chi connectivity index (χ0v) is 19.5. The first-order valence-corrected chi connectivity index (χ1v) is 10.6. The SMILES string of the molecule is COc1c(Cl)cc(Cl)cc1C(=O)Nc1cc(Cl)c(C(C#N)c2ccc(Cl)cc2)cc1C. The highest BCUT2D eigenvalue weighted by Crippen LogP contribution is 2.36. The molecule has 3 rings (SSSR count). The number of halogens is 4. The van der Waals surface area contributed by atoms with Crippen molar-refractivity contribution < 1.29 is 9.53 Å². The van der Waals surface area contributed by atoms with Crippen molar-refractivity contribution in [3.8, 4) is 11.8 Å². The van der Waals surface area contributed by atoms with Gasteiger partial charge < -0.3 is 10.1 Å². The molecule has 1 amide bonds. The van der Waals surface area contributed by atoms with Gasteiger partial charge in [-0.3, -0.25) is 4.79 Å². The van der Waals surface area contributed by atoms with Crippen molar-refractivity contribution >= 4 is 58.0 Å². The highest BCUT2D eigenvalue weighted by Gasteiger charge is 2.21. The van der Waals surface area contributed by atoms with Gasteiger partial charge in [-0.15, -0.1) is 0 Å². The van der Waals surface area contributed by atoms with Crippen LogP contribution in [-0.2, 0) is 0 Å². The van der Waals surface area contributed by atoms with Gasteiger partial charge >= 0.3 is 0 Å². The molecule has 0 aromatic heterocycles. The molecule has 0 saturated carbocycles. The number of benzene rings is 3.